The van der Waals surface area contributed by atoms with Gasteiger partial charge in [-0.3, -0.25) is 9.59 Å². The van der Waals surface area contributed by atoms with E-state index in [-0.39, 0.29) is 6.54 Å². The van der Waals surface area contributed by atoms with Crippen LogP contribution in [0.2, 0.25) is 0 Å². The zero-order valence-corrected chi connectivity index (χ0v) is 17.4. The molecule has 0 radical (unpaired) electrons. The number of carbonyl (C=O) groups excluding carboxylic acids is 2. The molecule has 0 aliphatic heterocycles. The van der Waals surface area contributed by atoms with Gasteiger partial charge in [0.15, 0.2) is 11.5 Å². The number of hydrogen-bond acceptors (Lipinski definition) is 6. The molecule has 0 heterocycles. The van der Waals surface area contributed by atoms with Gasteiger partial charge in [-0.2, -0.15) is 5.10 Å². The van der Waals surface area contributed by atoms with Crippen molar-refractivity contribution in [3.8, 4) is 17.2 Å². The Hall–Kier alpha value is -3.81. The molecular weight excluding hydrogens is 386 g/mol. The maximum Gasteiger partial charge on any atom is 0.259 e. The summed E-state index contributed by atoms with van der Waals surface area (Å²) in [5.41, 5.74) is 4.51. The van der Waals surface area contributed by atoms with E-state index in [9.17, 15) is 9.59 Å². The normalized spacial score (nSPS) is 11.1. The highest BCUT2D eigenvalue weighted by atomic mass is 16.5. The monoisotopic (exact) mass is 411 g/mol. The lowest BCUT2D eigenvalue weighted by atomic mass is 10.1. The Kier molecular flexibility index (Phi) is 8.43. The van der Waals surface area contributed by atoms with Crippen LogP contribution >= 0.6 is 0 Å². The lowest BCUT2D eigenvalue weighted by molar-refractivity contribution is -0.123. The van der Waals surface area contributed by atoms with Crippen molar-refractivity contribution in [3.05, 3.63) is 59.7 Å². The summed E-state index contributed by atoms with van der Waals surface area (Å²) in [6.07, 6.45) is 2.95. The van der Waals surface area contributed by atoms with Crippen molar-refractivity contribution in [3.63, 3.8) is 0 Å². The molecule has 2 N–H and O–H groups in total. The summed E-state index contributed by atoms with van der Waals surface area (Å²) >= 11 is 0. The quantitative estimate of drug-likeness (QED) is 0.375. The van der Waals surface area contributed by atoms with Gasteiger partial charge in [0.1, 0.15) is 5.75 Å². The van der Waals surface area contributed by atoms with E-state index in [1.54, 1.807) is 58.6 Å². The van der Waals surface area contributed by atoms with E-state index in [0.717, 1.165) is 11.1 Å². The van der Waals surface area contributed by atoms with Crippen LogP contribution in [0.25, 0.3) is 6.08 Å². The minimum Gasteiger partial charge on any atom is -0.496 e. The summed E-state index contributed by atoms with van der Waals surface area (Å²) in [7, 11) is 4.65. The Morgan fingerprint density at radius 2 is 1.67 bits per heavy atom. The average Bonchev–Trinajstić information content (AvgIpc) is 2.79. The Bertz CT molecular complexity index is 954. The number of methoxy groups -OCH3 is 3. The van der Waals surface area contributed by atoms with Crippen LogP contribution in [0.4, 0.5) is 0 Å². The molecule has 2 aromatic carbocycles. The number of nitrogens with one attached hydrogen (secondary N) is 2. The molecule has 0 spiro atoms. The maximum atomic E-state index is 12.0. The molecule has 2 aromatic rings. The van der Waals surface area contributed by atoms with Crippen LogP contribution < -0.4 is 25.0 Å². The molecule has 0 aliphatic carbocycles. The van der Waals surface area contributed by atoms with Gasteiger partial charge in [-0.25, -0.2) is 5.43 Å². The SMILES string of the molecule is COc1ccccc1/C=C/C(=O)NCC(=O)NN=C(C)c1ccc(OC)c(OC)c1. The van der Waals surface area contributed by atoms with E-state index in [1.807, 2.05) is 18.2 Å². The molecule has 30 heavy (non-hydrogen) atoms. The first-order valence-corrected chi connectivity index (χ1v) is 9.13. The van der Waals surface area contributed by atoms with Crippen molar-refractivity contribution in [1.82, 2.24) is 10.7 Å². The lowest BCUT2D eigenvalue weighted by Gasteiger charge is -2.09. The van der Waals surface area contributed by atoms with Crippen molar-refractivity contribution in [2.24, 2.45) is 5.10 Å². The fourth-order valence-corrected chi connectivity index (χ4v) is 2.51. The zero-order valence-electron chi connectivity index (χ0n) is 17.4. The van der Waals surface area contributed by atoms with Gasteiger partial charge in [0.2, 0.25) is 5.91 Å². The molecule has 2 rings (SSSR count). The number of hydrazone groups is 1. The minimum absolute atomic E-state index is 0.211. The van der Waals surface area contributed by atoms with Crippen LogP contribution in [0, 0.1) is 0 Å². The van der Waals surface area contributed by atoms with Gasteiger partial charge >= 0.3 is 0 Å². The van der Waals surface area contributed by atoms with Crippen molar-refractivity contribution in [2.45, 2.75) is 6.92 Å². The highest BCUT2D eigenvalue weighted by Crippen LogP contribution is 2.27. The maximum absolute atomic E-state index is 12.0. The second-order valence-electron chi connectivity index (χ2n) is 6.10. The number of benzene rings is 2. The number of ether oxygens (including phenoxy) is 3. The molecule has 0 bridgehead atoms. The molecule has 158 valence electrons. The fraction of sp³-hybridized carbons (Fsp3) is 0.227. The van der Waals surface area contributed by atoms with E-state index in [0.29, 0.717) is 23.0 Å². The largest absolute Gasteiger partial charge is 0.496 e. The van der Waals surface area contributed by atoms with Gasteiger partial charge in [-0.1, -0.05) is 18.2 Å². The van der Waals surface area contributed by atoms with Crippen molar-refractivity contribution in [2.75, 3.05) is 27.9 Å². The Labute approximate surface area is 175 Å². The van der Waals surface area contributed by atoms with Gasteiger partial charge in [0.05, 0.1) is 33.6 Å². The van der Waals surface area contributed by atoms with Gasteiger partial charge in [0.25, 0.3) is 5.91 Å². The van der Waals surface area contributed by atoms with E-state index < -0.39 is 11.8 Å². The predicted octanol–water partition coefficient (Wildman–Crippen LogP) is 2.38. The van der Waals surface area contributed by atoms with Crippen LogP contribution in [0.5, 0.6) is 17.2 Å². The summed E-state index contributed by atoms with van der Waals surface area (Å²) in [6.45, 7) is 1.54. The molecule has 0 saturated carbocycles. The van der Waals surface area contributed by atoms with Crippen molar-refractivity contribution >= 4 is 23.6 Å². The van der Waals surface area contributed by atoms with E-state index in [4.69, 9.17) is 14.2 Å². The highest BCUT2D eigenvalue weighted by Gasteiger charge is 2.08. The molecule has 2 amide bonds. The van der Waals surface area contributed by atoms with Crippen molar-refractivity contribution < 1.29 is 23.8 Å². The van der Waals surface area contributed by atoms with Gasteiger partial charge in [-0.15, -0.1) is 0 Å². The first-order chi connectivity index (χ1) is 14.5. The molecule has 0 saturated heterocycles. The zero-order chi connectivity index (χ0) is 21.9. The molecular formula is C22H25N3O5. The third-order valence-corrected chi connectivity index (χ3v) is 4.13. The van der Waals surface area contributed by atoms with Gasteiger partial charge in [0, 0.05) is 17.2 Å². The topological polar surface area (TPSA) is 98.2 Å². The number of carbonyl (C=O) groups is 2. The predicted molar refractivity (Wildman–Crippen MR) is 115 cm³/mol. The molecule has 0 unspecified atom stereocenters. The fourth-order valence-electron chi connectivity index (χ4n) is 2.51. The summed E-state index contributed by atoms with van der Waals surface area (Å²) in [6, 6.07) is 12.6. The van der Waals surface area contributed by atoms with Crippen LogP contribution in [-0.2, 0) is 9.59 Å². The smallest absolute Gasteiger partial charge is 0.259 e. The molecule has 0 fully saturated rings. The number of rotatable bonds is 9. The van der Waals surface area contributed by atoms with Gasteiger partial charge < -0.3 is 19.5 Å². The summed E-state index contributed by atoms with van der Waals surface area (Å²) < 4.78 is 15.7. The standard InChI is InChI=1S/C22H25N3O5/c1-15(17-9-11-19(29-3)20(13-17)30-4)24-25-22(27)14-23-21(26)12-10-16-7-5-6-8-18(16)28-2/h5-13H,14H2,1-4H3,(H,23,26)(H,25,27)/b12-10+,24-15?. The second-order valence-corrected chi connectivity index (χ2v) is 6.10. The first-order valence-electron chi connectivity index (χ1n) is 9.13. The van der Waals surface area contributed by atoms with Crippen LogP contribution in [-0.4, -0.2) is 45.4 Å². The second kappa shape index (κ2) is 11.3. The number of nitrogens with zero attached hydrogens (tertiary/aromatic N) is 1. The lowest BCUT2D eigenvalue weighted by Crippen LogP contribution is -2.34. The van der Waals surface area contributed by atoms with E-state index >= 15 is 0 Å². The van der Waals surface area contributed by atoms with Crippen LogP contribution in [0.15, 0.2) is 53.6 Å². The molecule has 8 heteroatoms. The molecule has 0 aliphatic rings. The van der Waals surface area contributed by atoms with Crippen LogP contribution in [0.1, 0.15) is 18.1 Å². The third kappa shape index (κ3) is 6.37. The van der Waals surface area contributed by atoms with E-state index in [2.05, 4.69) is 15.8 Å². The summed E-state index contributed by atoms with van der Waals surface area (Å²) in [4.78, 5) is 23.9. The molecule has 0 aromatic heterocycles. The number of amides is 2. The number of para-hydroxylation sites is 1. The highest BCUT2D eigenvalue weighted by molar-refractivity contribution is 6.00. The van der Waals surface area contributed by atoms with Crippen LogP contribution in [0.3, 0.4) is 0 Å². The van der Waals surface area contributed by atoms with Crippen molar-refractivity contribution in [1.29, 1.82) is 0 Å². The molecule has 0 atom stereocenters. The number of hydrogen-bond donors (Lipinski definition) is 2. The Morgan fingerprint density at radius 3 is 2.37 bits per heavy atom. The minimum atomic E-state index is -0.450. The average molecular weight is 411 g/mol. The Morgan fingerprint density at radius 1 is 0.967 bits per heavy atom. The first kappa shape index (κ1) is 22.5. The summed E-state index contributed by atoms with van der Waals surface area (Å²) in [5, 5.41) is 6.56. The summed E-state index contributed by atoms with van der Waals surface area (Å²) in [5.74, 6) is 0.955. The van der Waals surface area contributed by atoms with Gasteiger partial charge in [-0.05, 0) is 37.3 Å². The van der Waals surface area contributed by atoms with E-state index in [1.165, 1.54) is 6.08 Å². The third-order valence-electron chi connectivity index (χ3n) is 4.13. The molecule has 8 nitrogen and oxygen atoms in total. The Balaban J connectivity index is 1.88.